The molecule has 0 aliphatic carbocycles. The van der Waals surface area contributed by atoms with Gasteiger partial charge in [-0.05, 0) is 39.0 Å². The molecule has 0 aliphatic rings. The summed E-state index contributed by atoms with van der Waals surface area (Å²) < 4.78 is 5.34. The molecule has 0 bridgehead atoms. The number of aromatic amines is 1. The van der Waals surface area contributed by atoms with Crippen LogP contribution in [0.2, 0.25) is 0 Å². The predicted molar refractivity (Wildman–Crippen MR) is 104 cm³/mol. The van der Waals surface area contributed by atoms with E-state index in [-0.39, 0.29) is 30.0 Å². The van der Waals surface area contributed by atoms with Crippen LogP contribution in [-0.2, 0) is 9.53 Å². The maximum absolute atomic E-state index is 12.3. The van der Waals surface area contributed by atoms with Crippen molar-refractivity contribution in [3.63, 3.8) is 0 Å². The second-order valence-corrected chi connectivity index (χ2v) is 7.81. The van der Waals surface area contributed by atoms with Gasteiger partial charge in [-0.1, -0.05) is 12.1 Å². The Bertz CT molecular complexity index is 1070. The Morgan fingerprint density at radius 1 is 1.22 bits per heavy atom. The zero-order chi connectivity index (χ0) is 19.6. The van der Waals surface area contributed by atoms with E-state index in [1.54, 1.807) is 42.5 Å². The fraction of sp³-hybridized carbons (Fsp3) is 0.300. The van der Waals surface area contributed by atoms with Crippen LogP contribution in [0.5, 0.6) is 0 Å². The van der Waals surface area contributed by atoms with Gasteiger partial charge >= 0.3 is 5.97 Å². The lowest BCUT2D eigenvalue weighted by Crippen LogP contribution is -2.17. The first kappa shape index (κ1) is 19.0. The Kier molecular flexibility index (Phi) is 5.51. The van der Waals surface area contributed by atoms with Crippen molar-refractivity contribution in [2.24, 2.45) is 0 Å². The van der Waals surface area contributed by atoms with Crippen LogP contribution in [0.3, 0.4) is 0 Å². The van der Waals surface area contributed by atoms with Gasteiger partial charge in [-0.15, -0.1) is 11.3 Å². The number of hydrogen-bond acceptors (Lipinski definition) is 6. The number of thiophene rings is 1. The Labute approximate surface area is 160 Å². The number of ketones is 1. The fourth-order valence-corrected chi connectivity index (χ4v) is 3.81. The molecule has 6 nitrogen and oxygen atoms in total. The van der Waals surface area contributed by atoms with Crippen molar-refractivity contribution >= 4 is 34.0 Å². The zero-order valence-corrected chi connectivity index (χ0v) is 16.2. The van der Waals surface area contributed by atoms with E-state index in [4.69, 9.17) is 4.74 Å². The molecule has 0 unspecified atom stereocenters. The summed E-state index contributed by atoms with van der Waals surface area (Å²) in [5, 5.41) is 0.479. The number of carbonyl (C=O) groups excluding carboxylic acids is 2. The monoisotopic (exact) mass is 384 g/mol. The molecule has 0 amide bonds. The molecule has 0 aliphatic heterocycles. The van der Waals surface area contributed by atoms with Crippen molar-refractivity contribution < 1.29 is 14.3 Å². The summed E-state index contributed by atoms with van der Waals surface area (Å²) in [6.07, 6.45) is -0.644. The number of carbonyl (C=O) groups is 2. The standard InChI is InChI=1S/C20H20N2O4S/c1-11-10-15(13(3)27-11)17(23)8-9-18(24)26-12(2)19-21-16-7-5-4-6-14(16)20(25)22-19/h4-7,10,12H,8-9H2,1-3H3,(H,21,22,25)/t12-/m1/s1. The molecule has 3 aromatic rings. The highest BCUT2D eigenvalue weighted by molar-refractivity contribution is 7.12. The van der Waals surface area contributed by atoms with Crippen molar-refractivity contribution in [2.45, 2.75) is 39.7 Å². The summed E-state index contributed by atoms with van der Waals surface area (Å²) in [6.45, 7) is 5.48. The number of rotatable bonds is 6. The molecule has 3 rings (SSSR count). The lowest BCUT2D eigenvalue weighted by atomic mass is 10.1. The minimum Gasteiger partial charge on any atom is -0.454 e. The summed E-state index contributed by atoms with van der Waals surface area (Å²) in [6, 6.07) is 8.80. The third kappa shape index (κ3) is 4.31. The Balaban J connectivity index is 1.63. The van der Waals surface area contributed by atoms with E-state index < -0.39 is 12.1 Å². The smallest absolute Gasteiger partial charge is 0.306 e. The van der Waals surface area contributed by atoms with Gasteiger partial charge in [0.05, 0.1) is 17.3 Å². The molecule has 0 radical (unpaired) electrons. The van der Waals surface area contributed by atoms with Gasteiger partial charge in [0.2, 0.25) is 0 Å². The van der Waals surface area contributed by atoms with Crippen LogP contribution < -0.4 is 5.56 Å². The van der Waals surface area contributed by atoms with Crippen LogP contribution >= 0.6 is 11.3 Å². The Hall–Kier alpha value is -2.80. The molecule has 0 fully saturated rings. The van der Waals surface area contributed by atoms with E-state index in [2.05, 4.69) is 9.97 Å². The van der Waals surface area contributed by atoms with Gasteiger partial charge in [-0.25, -0.2) is 4.98 Å². The number of nitrogens with zero attached hydrogens (tertiary/aromatic N) is 1. The average molecular weight is 384 g/mol. The van der Waals surface area contributed by atoms with E-state index in [9.17, 15) is 14.4 Å². The Morgan fingerprint density at radius 3 is 2.67 bits per heavy atom. The number of nitrogens with one attached hydrogen (secondary N) is 1. The number of aryl methyl sites for hydroxylation is 2. The van der Waals surface area contributed by atoms with Gasteiger partial charge in [-0.2, -0.15) is 0 Å². The molecule has 1 aromatic carbocycles. The number of aromatic nitrogens is 2. The average Bonchev–Trinajstić information content (AvgIpc) is 2.98. The van der Waals surface area contributed by atoms with E-state index in [1.165, 1.54) is 0 Å². The first-order valence-electron chi connectivity index (χ1n) is 8.64. The van der Waals surface area contributed by atoms with Gasteiger partial charge in [0, 0.05) is 21.7 Å². The molecule has 7 heteroatoms. The van der Waals surface area contributed by atoms with E-state index in [1.807, 2.05) is 19.9 Å². The van der Waals surface area contributed by atoms with Gasteiger partial charge in [-0.3, -0.25) is 14.4 Å². The summed E-state index contributed by atoms with van der Waals surface area (Å²) in [5.41, 5.74) is 0.925. The highest BCUT2D eigenvalue weighted by atomic mass is 32.1. The molecule has 140 valence electrons. The van der Waals surface area contributed by atoms with Gasteiger partial charge in [0.25, 0.3) is 5.56 Å². The highest BCUT2D eigenvalue weighted by Crippen LogP contribution is 2.22. The molecule has 1 atom stereocenters. The second kappa shape index (κ2) is 7.84. The largest absolute Gasteiger partial charge is 0.454 e. The minimum absolute atomic E-state index is 0.0185. The lowest BCUT2D eigenvalue weighted by molar-refractivity contribution is -0.148. The van der Waals surface area contributed by atoms with Crippen molar-refractivity contribution in [1.82, 2.24) is 9.97 Å². The number of Topliss-reactive ketones (excluding diaryl/α,β-unsaturated/α-hetero) is 1. The zero-order valence-electron chi connectivity index (χ0n) is 15.4. The van der Waals surface area contributed by atoms with Crippen molar-refractivity contribution in [2.75, 3.05) is 0 Å². The molecule has 1 N–H and O–H groups in total. The van der Waals surface area contributed by atoms with Crippen LogP contribution in [0.25, 0.3) is 10.9 Å². The van der Waals surface area contributed by atoms with Crippen molar-refractivity contribution in [1.29, 1.82) is 0 Å². The molecule has 0 saturated carbocycles. The maximum Gasteiger partial charge on any atom is 0.306 e. The first-order valence-corrected chi connectivity index (χ1v) is 9.45. The van der Waals surface area contributed by atoms with E-state index >= 15 is 0 Å². The Morgan fingerprint density at radius 2 is 1.96 bits per heavy atom. The van der Waals surface area contributed by atoms with E-state index in [0.717, 1.165) is 9.75 Å². The van der Waals surface area contributed by atoms with Crippen LogP contribution in [0.4, 0.5) is 0 Å². The number of H-pyrrole nitrogens is 1. The molecular weight excluding hydrogens is 364 g/mol. The summed E-state index contributed by atoms with van der Waals surface area (Å²) in [7, 11) is 0. The molecule has 2 heterocycles. The second-order valence-electron chi connectivity index (χ2n) is 6.35. The topological polar surface area (TPSA) is 89.1 Å². The first-order chi connectivity index (χ1) is 12.8. The number of para-hydroxylation sites is 1. The van der Waals surface area contributed by atoms with Crippen LogP contribution in [0.1, 0.15) is 51.8 Å². The number of benzene rings is 1. The highest BCUT2D eigenvalue weighted by Gasteiger charge is 2.18. The lowest BCUT2D eigenvalue weighted by Gasteiger charge is -2.13. The molecule has 27 heavy (non-hydrogen) atoms. The number of hydrogen-bond donors (Lipinski definition) is 1. The fourth-order valence-electron chi connectivity index (χ4n) is 2.87. The summed E-state index contributed by atoms with van der Waals surface area (Å²) in [4.78, 5) is 45.5. The molecule has 2 aromatic heterocycles. The van der Waals surface area contributed by atoms with Crippen molar-refractivity contribution in [3.05, 3.63) is 61.8 Å². The van der Waals surface area contributed by atoms with Gasteiger partial charge in [0.15, 0.2) is 17.7 Å². The van der Waals surface area contributed by atoms with Crippen LogP contribution in [0.15, 0.2) is 35.1 Å². The van der Waals surface area contributed by atoms with Gasteiger partial charge in [0.1, 0.15) is 0 Å². The third-order valence-electron chi connectivity index (χ3n) is 4.22. The van der Waals surface area contributed by atoms with Crippen molar-refractivity contribution in [3.8, 4) is 0 Å². The quantitative estimate of drug-likeness (QED) is 0.515. The summed E-state index contributed by atoms with van der Waals surface area (Å²) in [5.74, 6) is -0.294. The molecule has 0 spiro atoms. The molecular formula is C20H20N2O4S. The number of fused-ring (bicyclic) bond motifs is 1. The third-order valence-corrected chi connectivity index (χ3v) is 5.19. The maximum atomic E-state index is 12.3. The van der Waals surface area contributed by atoms with Crippen LogP contribution in [0, 0.1) is 13.8 Å². The normalized spacial score (nSPS) is 12.1. The number of esters is 1. The summed E-state index contributed by atoms with van der Waals surface area (Å²) >= 11 is 1.56. The molecule has 0 saturated heterocycles. The van der Waals surface area contributed by atoms with E-state index in [0.29, 0.717) is 16.5 Å². The minimum atomic E-state index is -0.713. The number of ether oxygens (including phenoxy) is 1. The van der Waals surface area contributed by atoms with Crippen LogP contribution in [-0.4, -0.2) is 21.7 Å². The SMILES string of the molecule is Cc1cc(C(=O)CCC(=O)O[C@H](C)c2nc3ccccc3c(=O)[nH]2)c(C)s1. The predicted octanol–water partition coefficient (Wildman–Crippen LogP) is 3.87. The van der Waals surface area contributed by atoms with Gasteiger partial charge < -0.3 is 9.72 Å².